The Labute approximate surface area is 140 Å². The van der Waals surface area contributed by atoms with Crippen molar-refractivity contribution >= 4 is 11.0 Å². The van der Waals surface area contributed by atoms with Crippen molar-refractivity contribution < 1.29 is 0 Å². The second kappa shape index (κ2) is 5.75. The van der Waals surface area contributed by atoms with Crippen LogP contribution in [0.4, 0.5) is 0 Å². The van der Waals surface area contributed by atoms with Crippen molar-refractivity contribution in [2.45, 2.75) is 44.6 Å². The molecule has 1 N–H and O–H groups in total. The van der Waals surface area contributed by atoms with Crippen LogP contribution in [0.15, 0.2) is 30.9 Å². The van der Waals surface area contributed by atoms with E-state index in [0.29, 0.717) is 12.3 Å². The van der Waals surface area contributed by atoms with Crippen molar-refractivity contribution in [1.82, 2.24) is 25.0 Å². The van der Waals surface area contributed by atoms with Gasteiger partial charge in [-0.3, -0.25) is 4.68 Å². The van der Waals surface area contributed by atoms with Crippen LogP contribution in [0.1, 0.15) is 39.0 Å². The minimum atomic E-state index is -0.249. The first-order chi connectivity index (χ1) is 11.7. The van der Waals surface area contributed by atoms with Crippen LogP contribution in [-0.4, -0.2) is 25.0 Å². The molecule has 1 fully saturated rings. The molecular formula is C18H20N6. The van der Waals surface area contributed by atoms with E-state index in [1.165, 1.54) is 25.7 Å². The van der Waals surface area contributed by atoms with E-state index in [0.717, 1.165) is 22.2 Å². The van der Waals surface area contributed by atoms with Crippen molar-refractivity contribution in [2.24, 2.45) is 5.92 Å². The van der Waals surface area contributed by atoms with Gasteiger partial charge in [-0.1, -0.05) is 12.8 Å². The number of hydrogen-bond acceptors (Lipinski definition) is 4. The molecule has 0 bridgehead atoms. The molecule has 24 heavy (non-hydrogen) atoms. The summed E-state index contributed by atoms with van der Waals surface area (Å²) in [7, 11) is 0. The number of nitrogens with zero attached hydrogens (tertiary/aromatic N) is 5. The zero-order valence-corrected chi connectivity index (χ0v) is 13.7. The normalized spacial score (nSPS) is 17.8. The third-order valence-electron chi connectivity index (χ3n) is 5.45. The van der Waals surface area contributed by atoms with Gasteiger partial charge in [-0.05, 0) is 31.7 Å². The molecule has 1 saturated carbocycles. The van der Waals surface area contributed by atoms with Gasteiger partial charge in [0, 0.05) is 28.9 Å². The summed E-state index contributed by atoms with van der Waals surface area (Å²) in [6, 6.07) is 4.37. The fourth-order valence-electron chi connectivity index (χ4n) is 3.97. The van der Waals surface area contributed by atoms with Gasteiger partial charge in [-0.15, -0.1) is 5.10 Å². The number of aromatic nitrogens is 5. The van der Waals surface area contributed by atoms with Crippen LogP contribution in [0.5, 0.6) is 0 Å². The lowest BCUT2D eigenvalue weighted by atomic mass is 9.82. The third-order valence-corrected chi connectivity index (χ3v) is 5.45. The molecule has 4 rings (SSSR count). The molecule has 1 aliphatic rings. The molecule has 122 valence electrons. The van der Waals surface area contributed by atoms with Crippen LogP contribution >= 0.6 is 0 Å². The highest BCUT2D eigenvalue weighted by Gasteiger charge is 2.38. The number of rotatable bonds is 4. The van der Waals surface area contributed by atoms with Crippen molar-refractivity contribution in [3.05, 3.63) is 30.9 Å². The van der Waals surface area contributed by atoms with Crippen molar-refractivity contribution in [3.63, 3.8) is 0 Å². The van der Waals surface area contributed by atoms with Crippen molar-refractivity contribution in [2.75, 3.05) is 0 Å². The van der Waals surface area contributed by atoms with E-state index < -0.39 is 0 Å². The van der Waals surface area contributed by atoms with E-state index in [-0.39, 0.29) is 5.54 Å². The molecule has 0 spiro atoms. The monoisotopic (exact) mass is 320 g/mol. The number of nitriles is 1. The maximum Gasteiger partial charge on any atom is 0.160 e. The highest BCUT2D eigenvalue weighted by Crippen LogP contribution is 2.41. The topological polar surface area (TPSA) is 83.2 Å². The van der Waals surface area contributed by atoms with E-state index in [9.17, 15) is 5.26 Å². The molecule has 0 amide bonds. The van der Waals surface area contributed by atoms with Gasteiger partial charge in [0.15, 0.2) is 5.65 Å². The predicted octanol–water partition coefficient (Wildman–Crippen LogP) is 3.64. The molecule has 3 aromatic rings. The van der Waals surface area contributed by atoms with Crippen LogP contribution in [0, 0.1) is 17.2 Å². The molecule has 0 aromatic carbocycles. The van der Waals surface area contributed by atoms with Crippen LogP contribution in [0.25, 0.3) is 22.2 Å². The van der Waals surface area contributed by atoms with Gasteiger partial charge in [0.05, 0.1) is 30.4 Å². The average Bonchev–Trinajstić information content (AvgIpc) is 3.34. The van der Waals surface area contributed by atoms with E-state index in [1.54, 1.807) is 6.20 Å². The number of hydrogen-bond donors (Lipinski definition) is 1. The molecule has 0 radical (unpaired) electrons. The largest absolute Gasteiger partial charge is 0.345 e. The molecule has 6 nitrogen and oxygen atoms in total. The molecule has 0 unspecified atom stereocenters. The Morgan fingerprint density at radius 3 is 3.00 bits per heavy atom. The molecule has 3 aromatic heterocycles. The van der Waals surface area contributed by atoms with Crippen LogP contribution in [-0.2, 0) is 5.54 Å². The summed E-state index contributed by atoms with van der Waals surface area (Å²) in [5.74, 6) is 0.507. The Morgan fingerprint density at radius 1 is 1.38 bits per heavy atom. The quantitative estimate of drug-likeness (QED) is 0.795. The van der Waals surface area contributed by atoms with E-state index in [4.69, 9.17) is 0 Å². The minimum Gasteiger partial charge on any atom is -0.345 e. The maximum atomic E-state index is 9.35. The fourth-order valence-corrected chi connectivity index (χ4v) is 3.97. The molecule has 1 atom stereocenters. The molecule has 1 aliphatic carbocycles. The first kappa shape index (κ1) is 14.9. The highest BCUT2D eigenvalue weighted by atomic mass is 15.3. The number of aromatic amines is 1. The van der Waals surface area contributed by atoms with Gasteiger partial charge < -0.3 is 4.98 Å². The van der Waals surface area contributed by atoms with Gasteiger partial charge in [0.2, 0.25) is 0 Å². The van der Waals surface area contributed by atoms with E-state index >= 15 is 0 Å². The SMILES string of the molecule is C[C@](CC#N)(C1CCCC1)n1cc(-c2cnnc3[nH]ccc23)cn1. The number of fused-ring (bicyclic) bond motifs is 1. The van der Waals surface area contributed by atoms with Crippen LogP contribution in [0.3, 0.4) is 0 Å². The van der Waals surface area contributed by atoms with Crippen LogP contribution in [0.2, 0.25) is 0 Å². The van der Waals surface area contributed by atoms with Gasteiger partial charge in [-0.25, -0.2) is 0 Å². The minimum absolute atomic E-state index is 0.249. The Hall–Kier alpha value is -2.68. The zero-order valence-electron chi connectivity index (χ0n) is 13.7. The standard InChI is InChI=1S/C18H20N6/c1-18(7-8-19,14-4-2-3-5-14)24-12-13(10-22-24)16-11-21-23-17-15(16)6-9-20-17/h6,9-12,14H,2-5,7H2,1H3,(H,20,23)/t18-/m0/s1. The third kappa shape index (κ3) is 2.28. The van der Waals surface area contributed by atoms with Gasteiger partial charge in [-0.2, -0.15) is 15.5 Å². The highest BCUT2D eigenvalue weighted by molar-refractivity contribution is 5.91. The second-order valence-corrected chi connectivity index (χ2v) is 6.85. The zero-order chi connectivity index (χ0) is 16.6. The van der Waals surface area contributed by atoms with Crippen LogP contribution < -0.4 is 0 Å². The van der Waals surface area contributed by atoms with Gasteiger partial charge >= 0.3 is 0 Å². The Balaban J connectivity index is 1.76. The lowest BCUT2D eigenvalue weighted by Gasteiger charge is -2.34. The summed E-state index contributed by atoms with van der Waals surface area (Å²) in [6.45, 7) is 2.17. The van der Waals surface area contributed by atoms with Crippen molar-refractivity contribution in [1.29, 1.82) is 5.26 Å². The summed E-state index contributed by atoms with van der Waals surface area (Å²) in [4.78, 5) is 3.09. The number of H-pyrrole nitrogens is 1. The predicted molar refractivity (Wildman–Crippen MR) is 90.9 cm³/mol. The van der Waals surface area contributed by atoms with Gasteiger partial charge in [0.1, 0.15) is 0 Å². The van der Waals surface area contributed by atoms with Crippen molar-refractivity contribution in [3.8, 4) is 17.2 Å². The first-order valence-electron chi connectivity index (χ1n) is 8.43. The Morgan fingerprint density at radius 2 is 2.21 bits per heavy atom. The Bertz CT molecular complexity index is 896. The lowest BCUT2D eigenvalue weighted by molar-refractivity contribution is 0.178. The molecule has 0 aliphatic heterocycles. The summed E-state index contributed by atoms with van der Waals surface area (Å²) in [5.41, 5.74) is 2.55. The summed E-state index contributed by atoms with van der Waals surface area (Å²) < 4.78 is 2.00. The summed E-state index contributed by atoms with van der Waals surface area (Å²) >= 11 is 0. The van der Waals surface area contributed by atoms with Gasteiger partial charge in [0.25, 0.3) is 0 Å². The lowest BCUT2D eigenvalue weighted by Crippen LogP contribution is -2.37. The smallest absolute Gasteiger partial charge is 0.160 e. The summed E-state index contributed by atoms with van der Waals surface area (Å²) in [5, 5.41) is 23.2. The molecule has 3 heterocycles. The summed E-state index contributed by atoms with van der Waals surface area (Å²) in [6.07, 6.45) is 12.9. The fraction of sp³-hybridized carbons (Fsp3) is 0.444. The molecule has 0 saturated heterocycles. The Kier molecular flexibility index (Phi) is 3.57. The molecular weight excluding hydrogens is 300 g/mol. The first-order valence-corrected chi connectivity index (χ1v) is 8.43. The van der Waals surface area contributed by atoms with E-state index in [2.05, 4.69) is 39.5 Å². The molecule has 6 heteroatoms. The number of nitrogens with one attached hydrogen (secondary N) is 1. The second-order valence-electron chi connectivity index (χ2n) is 6.85. The maximum absolute atomic E-state index is 9.35. The average molecular weight is 320 g/mol. The van der Waals surface area contributed by atoms with E-state index in [1.807, 2.05) is 23.1 Å².